The highest BCUT2D eigenvalue weighted by molar-refractivity contribution is 6.42. The summed E-state index contributed by atoms with van der Waals surface area (Å²) in [6.07, 6.45) is 2.83. The molecule has 6 nitrogen and oxygen atoms in total. The Bertz CT molecular complexity index is 1060. The monoisotopic (exact) mass is 488 g/mol. The van der Waals surface area contributed by atoms with Crippen LogP contribution in [0, 0.1) is 17.2 Å². The minimum atomic E-state index is -1.02. The van der Waals surface area contributed by atoms with E-state index in [0.29, 0.717) is 40.7 Å². The van der Waals surface area contributed by atoms with Crippen molar-refractivity contribution < 1.29 is 19.1 Å². The van der Waals surface area contributed by atoms with Gasteiger partial charge in [0.2, 0.25) is 5.91 Å². The first kappa shape index (κ1) is 24.9. The third kappa shape index (κ3) is 5.79. The van der Waals surface area contributed by atoms with Crippen molar-refractivity contribution in [3.63, 3.8) is 0 Å². The first-order valence-corrected chi connectivity index (χ1v) is 11.5. The number of hydrogen-bond acceptors (Lipinski definition) is 5. The second kappa shape index (κ2) is 11.4. The van der Waals surface area contributed by atoms with Gasteiger partial charge < -0.3 is 14.4 Å². The van der Waals surface area contributed by atoms with Gasteiger partial charge in [-0.25, -0.2) is 0 Å². The molecule has 0 radical (unpaired) electrons. The third-order valence-corrected chi connectivity index (χ3v) is 6.70. The first-order valence-electron chi connectivity index (χ1n) is 10.8. The van der Waals surface area contributed by atoms with Crippen LogP contribution in [0.3, 0.4) is 0 Å². The average Bonchev–Trinajstić information content (AvgIpc) is 2.85. The highest BCUT2D eigenvalue weighted by Crippen LogP contribution is 2.37. The lowest BCUT2D eigenvalue weighted by molar-refractivity contribution is -0.135. The van der Waals surface area contributed by atoms with Crippen molar-refractivity contribution in [3.8, 4) is 17.6 Å². The molecular formula is C25H26Cl2N2O4. The number of amides is 1. The Balaban J connectivity index is 1.99. The summed E-state index contributed by atoms with van der Waals surface area (Å²) in [6, 6.07) is 12.0. The maximum Gasteiger partial charge on any atom is 0.240 e. The van der Waals surface area contributed by atoms with Crippen molar-refractivity contribution >= 4 is 34.9 Å². The van der Waals surface area contributed by atoms with E-state index in [4.69, 9.17) is 32.7 Å². The van der Waals surface area contributed by atoms with E-state index in [1.54, 1.807) is 35.2 Å². The van der Waals surface area contributed by atoms with E-state index in [-0.39, 0.29) is 23.1 Å². The van der Waals surface area contributed by atoms with Gasteiger partial charge in [0.05, 0.1) is 30.3 Å². The first-order chi connectivity index (χ1) is 15.9. The van der Waals surface area contributed by atoms with Gasteiger partial charge in [-0.3, -0.25) is 9.59 Å². The maximum absolute atomic E-state index is 13.3. The number of likely N-dealkylation sites (tertiary alicyclic amines) is 1. The Morgan fingerprint density at radius 2 is 1.70 bits per heavy atom. The van der Waals surface area contributed by atoms with Gasteiger partial charge in [-0.15, -0.1) is 0 Å². The largest absolute Gasteiger partial charge is 0.493 e. The minimum Gasteiger partial charge on any atom is -0.493 e. The Morgan fingerprint density at radius 1 is 1.00 bits per heavy atom. The Kier molecular flexibility index (Phi) is 8.60. The van der Waals surface area contributed by atoms with Crippen molar-refractivity contribution in [2.24, 2.45) is 5.92 Å². The molecule has 1 aliphatic heterocycles. The summed E-state index contributed by atoms with van der Waals surface area (Å²) in [4.78, 5) is 28.3. The number of halogens is 2. The minimum absolute atomic E-state index is 0.0503. The second-order valence-electron chi connectivity index (χ2n) is 7.97. The average molecular weight is 489 g/mol. The number of carbonyl (C=O) groups excluding carboxylic acids is 2. The van der Waals surface area contributed by atoms with Crippen LogP contribution in [0.5, 0.6) is 11.5 Å². The number of piperidine rings is 1. The highest BCUT2D eigenvalue weighted by Gasteiger charge is 2.35. The molecule has 1 heterocycles. The van der Waals surface area contributed by atoms with Crippen LogP contribution in [0.1, 0.15) is 47.5 Å². The molecular weight excluding hydrogens is 463 g/mol. The lowest BCUT2D eigenvalue weighted by Gasteiger charge is -2.31. The van der Waals surface area contributed by atoms with E-state index in [1.807, 2.05) is 0 Å². The molecule has 174 valence electrons. The zero-order chi connectivity index (χ0) is 24.0. The molecule has 0 N–H and O–H groups in total. The van der Waals surface area contributed by atoms with Crippen LogP contribution in [0.15, 0.2) is 36.4 Å². The maximum atomic E-state index is 13.3. The molecule has 0 saturated carbocycles. The number of carbonyl (C=O) groups is 2. The number of ketones is 1. The van der Waals surface area contributed by atoms with E-state index in [0.717, 1.165) is 19.3 Å². The predicted molar refractivity (Wildman–Crippen MR) is 127 cm³/mol. The molecule has 3 rings (SSSR count). The number of benzene rings is 2. The van der Waals surface area contributed by atoms with E-state index in [9.17, 15) is 14.9 Å². The lowest BCUT2D eigenvalue weighted by Crippen LogP contribution is -2.41. The topological polar surface area (TPSA) is 79.6 Å². The molecule has 2 aromatic carbocycles. The van der Waals surface area contributed by atoms with E-state index in [2.05, 4.69) is 6.07 Å². The van der Waals surface area contributed by atoms with Crippen LogP contribution in [0.4, 0.5) is 0 Å². The van der Waals surface area contributed by atoms with Crippen molar-refractivity contribution in [1.82, 2.24) is 4.90 Å². The summed E-state index contributed by atoms with van der Waals surface area (Å²) in [5.74, 6) is -1.20. The highest BCUT2D eigenvalue weighted by atomic mass is 35.5. The Hall–Kier alpha value is -2.75. The van der Waals surface area contributed by atoms with Gasteiger partial charge in [0.25, 0.3) is 0 Å². The van der Waals surface area contributed by atoms with Gasteiger partial charge >= 0.3 is 0 Å². The fraction of sp³-hybridized carbons (Fsp3) is 0.400. The fourth-order valence-corrected chi connectivity index (χ4v) is 4.43. The van der Waals surface area contributed by atoms with Crippen LogP contribution in [-0.2, 0) is 4.79 Å². The van der Waals surface area contributed by atoms with Gasteiger partial charge in [0.1, 0.15) is 5.92 Å². The van der Waals surface area contributed by atoms with E-state index < -0.39 is 11.8 Å². The van der Waals surface area contributed by atoms with Crippen molar-refractivity contribution in [3.05, 3.63) is 57.6 Å². The van der Waals surface area contributed by atoms with Gasteiger partial charge in [0.15, 0.2) is 17.3 Å². The summed E-state index contributed by atoms with van der Waals surface area (Å²) >= 11 is 12.1. The number of Topliss-reactive ketones (excluding diaryl/α,β-unsaturated/α-hetero) is 1. The number of hydrogen-bond donors (Lipinski definition) is 0. The number of rotatable bonds is 8. The summed E-state index contributed by atoms with van der Waals surface area (Å²) in [5.41, 5.74) is 1.02. The van der Waals surface area contributed by atoms with Gasteiger partial charge in [-0.1, -0.05) is 29.3 Å². The quantitative estimate of drug-likeness (QED) is 0.457. The fourth-order valence-electron chi connectivity index (χ4n) is 4.13. The van der Waals surface area contributed by atoms with Crippen LogP contribution >= 0.6 is 23.2 Å². The molecule has 0 aliphatic carbocycles. The standard InChI is InChI=1S/C25H26Cl2N2O4/c1-32-23-9-7-16(13-24(23)33-2)18(14-22(30)17-6-8-20(26)21(27)12-17)19(15-28)25(31)29-10-4-3-5-11-29/h6-9,12-13,18-19H,3-5,10-11,14H2,1-2H3/t18-,19+/m1/s1. The molecule has 1 amide bonds. The molecule has 0 unspecified atom stereocenters. The Labute approximate surface area is 204 Å². The van der Waals surface area contributed by atoms with Gasteiger partial charge in [-0.05, 0) is 55.2 Å². The normalized spacial score (nSPS) is 15.3. The number of methoxy groups -OCH3 is 2. The molecule has 0 spiro atoms. The summed E-state index contributed by atoms with van der Waals surface area (Å²) < 4.78 is 10.7. The Morgan fingerprint density at radius 3 is 2.30 bits per heavy atom. The molecule has 1 saturated heterocycles. The molecule has 8 heteroatoms. The lowest BCUT2D eigenvalue weighted by atomic mass is 9.81. The zero-order valence-electron chi connectivity index (χ0n) is 18.6. The summed E-state index contributed by atoms with van der Waals surface area (Å²) in [5, 5.41) is 10.7. The molecule has 1 aliphatic rings. The summed E-state index contributed by atoms with van der Waals surface area (Å²) in [6.45, 7) is 1.24. The molecule has 1 fully saturated rings. The van der Waals surface area contributed by atoms with Crippen LogP contribution in [0.25, 0.3) is 0 Å². The molecule has 0 bridgehead atoms. The van der Waals surface area contributed by atoms with E-state index >= 15 is 0 Å². The molecule has 2 aromatic rings. The van der Waals surface area contributed by atoms with Crippen LogP contribution in [0.2, 0.25) is 10.0 Å². The SMILES string of the molecule is COc1ccc([C@@H](CC(=O)c2ccc(Cl)c(Cl)c2)[C@H](C#N)C(=O)N2CCCCC2)cc1OC. The molecule has 33 heavy (non-hydrogen) atoms. The number of nitriles is 1. The van der Waals surface area contributed by atoms with Crippen molar-refractivity contribution in [2.75, 3.05) is 27.3 Å². The predicted octanol–water partition coefficient (Wildman–Crippen LogP) is 5.52. The zero-order valence-corrected chi connectivity index (χ0v) is 20.2. The van der Waals surface area contributed by atoms with Crippen LogP contribution < -0.4 is 9.47 Å². The van der Waals surface area contributed by atoms with Crippen LogP contribution in [-0.4, -0.2) is 43.9 Å². The van der Waals surface area contributed by atoms with E-state index in [1.165, 1.54) is 20.3 Å². The second-order valence-corrected chi connectivity index (χ2v) is 8.78. The van der Waals surface area contributed by atoms with Crippen molar-refractivity contribution in [2.45, 2.75) is 31.6 Å². The van der Waals surface area contributed by atoms with Gasteiger partial charge in [-0.2, -0.15) is 5.26 Å². The van der Waals surface area contributed by atoms with Gasteiger partial charge in [0, 0.05) is 31.0 Å². The number of ether oxygens (including phenoxy) is 2. The third-order valence-electron chi connectivity index (χ3n) is 5.96. The van der Waals surface area contributed by atoms with Crippen molar-refractivity contribution in [1.29, 1.82) is 5.26 Å². The molecule has 0 aromatic heterocycles. The smallest absolute Gasteiger partial charge is 0.240 e. The molecule has 2 atom stereocenters. The number of nitrogens with zero attached hydrogens (tertiary/aromatic N) is 2. The summed E-state index contributed by atoms with van der Waals surface area (Å²) in [7, 11) is 3.04.